The maximum Gasteiger partial charge on any atom is 0.261 e. The van der Waals surface area contributed by atoms with Gasteiger partial charge in [0, 0.05) is 49.4 Å². The number of hydrazine groups is 3. The number of benzene rings is 1. The van der Waals surface area contributed by atoms with Crippen molar-refractivity contribution in [1.82, 2.24) is 46.4 Å². The highest BCUT2D eigenvalue weighted by Crippen LogP contribution is 2.50. The number of carbonyl (C=O) groups excluding carboxylic acids is 6. The van der Waals surface area contributed by atoms with Crippen molar-refractivity contribution in [3.63, 3.8) is 0 Å². The van der Waals surface area contributed by atoms with Crippen LogP contribution >= 0.6 is 11.6 Å². The first-order chi connectivity index (χ1) is 25.7. The number of amides is 6. The summed E-state index contributed by atoms with van der Waals surface area (Å²) >= 11 is 6.31. The Morgan fingerprint density at radius 3 is 1.94 bits per heavy atom. The predicted octanol–water partition coefficient (Wildman–Crippen LogP) is -0.242. The minimum Gasteiger partial charge on any atom is -0.381 e. The van der Waals surface area contributed by atoms with Crippen LogP contribution in [0.3, 0.4) is 0 Å². The largest absolute Gasteiger partial charge is 0.381 e. The molecule has 0 radical (unpaired) electrons. The van der Waals surface area contributed by atoms with Crippen LogP contribution in [0.1, 0.15) is 77.7 Å². The van der Waals surface area contributed by atoms with Gasteiger partial charge in [0.15, 0.2) is 0 Å². The molecule has 18 heteroatoms. The van der Waals surface area contributed by atoms with E-state index in [1.807, 2.05) is 13.8 Å². The SMILES string of the molecule is CC(C)C[C@@H]1NC(=O)[C@H]2C[C@@]3(O)c4ccc(Cl)cc4N[C@H]3N2C(=O)[C@H]2CCCNN2C(=O)[C@H](C)N(C)C(=O)[C@@H]2CCCNN2C(=O)[C@@H]2CCCNN2C1=O. The molecular formula is C36H51ClN10O7. The van der Waals surface area contributed by atoms with E-state index in [1.54, 1.807) is 25.1 Å². The normalized spacial score (nSPS) is 34.0. The molecule has 5 fully saturated rings. The number of aliphatic hydroxyl groups is 1. The van der Waals surface area contributed by atoms with Crippen molar-refractivity contribution in [2.45, 2.75) is 120 Å². The van der Waals surface area contributed by atoms with Crippen LogP contribution in [0.25, 0.3) is 0 Å². The van der Waals surface area contributed by atoms with Gasteiger partial charge in [0.2, 0.25) is 17.7 Å². The van der Waals surface area contributed by atoms with E-state index in [-0.39, 0.29) is 25.2 Å². The first-order valence-electron chi connectivity index (χ1n) is 19.1. The Bertz CT molecular complexity index is 1710. The number of carbonyl (C=O) groups is 6. The molecular weight excluding hydrogens is 720 g/mol. The van der Waals surface area contributed by atoms with Crippen molar-refractivity contribution in [3.05, 3.63) is 28.8 Å². The Labute approximate surface area is 319 Å². The van der Waals surface area contributed by atoms with E-state index in [4.69, 9.17) is 11.6 Å². The number of nitrogens with one attached hydrogen (secondary N) is 5. The van der Waals surface area contributed by atoms with Gasteiger partial charge < -0.3 is 25.5 Å². The summed E-state index contributed by atoms with van der Waals surface area (Å²) in [6.07, 6.45) is 1.55. The first kappa shape index (κ1) is 38.3. The van der Waals surface area contributed by atoms with E-state index in [2.05, 4.69) is 26.9 Å². The lowest BCUT2D eigenvalue weighted by molar-refractivity contribution is -0.165. The molecule has 5 saturated heterocycles. The number of likely N-dealkylation sites (N-methyl/N-ethyl adjacent to an activating group) is 1. The quantitative estimate of drug-likeness (QED) is 0.232. The number of fused-ring (bicyclic) bond motifs is 8. The van der Waals surface area contributed by atoms with E-state index < -0.39 is 83.5 Å². The molecule has 1 aromatic rings. The molecule has 0 aliphatic carbocycles. The van der Waals surface area contributed by atoms with E-state index in [0.717, 1.165) is 0 Å². The highest BCUT2D eigenvalue weighted by atomic mass is 35.5. The smallest absolute Gasteiger partial charge is 0.261 e. The zero-order chi connectivity index (χ0) is 38.6. The molecule has 6 N–H and O–H groups in total. The van der Waals surface area contributed by atoms with E-state index in [9.17, 15) is 33.9 Å². The van der Waals surface area contributed by atoms with Gasteiger partial charge in [-0.05, 0) is 69.9 Å². The number of anilines is 1. The van der Waals surface area contributed by atoms with Crippen LogP contribution < -0.4 is 26.9 Å². The summed E-state index contributed by atoms with van der Waals surface area (Å²) in [6.45, 7) is 6.63. The minimum absolute atomic E-state index is 0.0598. The van der Waals surface area contributed by atoms with Gasteiger partial charge in [-0.2, -0.15) is 0 Å². The molecule has 6 aliphatic rings. The maximum atomic E-state index is 15.0. The predicted molar refractivity (Wildman–Crippen MR) is 195 cm³/mol. The zero-order valence-corrected chi connectivity index (χ0v) is 31.9. The Hall–Kier alpha value is -4.03. The van der Waals surface area contributed by atoms with Crippen molar-refractivity contribution in [2.75, 3.05) is 32.0 Å². The highest BCUT2D eigenvalue weighted by molar-refractivity contribution is 6.31. The fourth-order valence-electron chi connectivity index (χ4n) is 8.87. The van der Waals surface area contributed by atoms with E-state index in [1.165, 1.54) is 31.9 Å². The summed E-state index contributed by atoms with van der Waals surface area (Å²) in [5.74, 6) is -3.29. The molecule has 17 nitrogen and oxygen atoms in total. The number of hydrogen-bond donors (Lipinski definition) is 6. The molecule has 0 bridgehead atoms. The average Bonchev–Trinajstić information content (AvgIpc) is 3.62. The van der Waals surface area contributed by atoms with E-state index in [0.29, 0.717) is 68.0 Å². The average molecular weight is 771 g/mol. The molecule has 6 heterocycles. The Kier molecular flexibility index (Phi) is 10.6. The number of halogens is 1. The number of nitrogens with zero attached hydrogens (tertiary/aromatic N) is 5. The van der Waals surface area contributed by atoms with Crippen LogP contribution in [0.15, 0.2) is 18.2 Å². The van der Waals surface area contributed by atoms with Gasteiger partial charge in [-0.1, -0.05) is 31.5 Å². The third-order valence-electron chi connectivity index (χ3n) is 11.8. The van der Waals surface area contributed by atoms with Gasteiger partial charge in [-0.3, -0.25) is 43.8 Å². The molecule has 54 heavy (non-hydrogen) atoms. The van der Waals surface area contributed by atoms with E-state index >= 15 is 0 Å². The van der Waals surface area contributed by atoms with Crippen LogP contribution in [0.2, 0.25) is 5.02 Å². The number of hydrogen-bond acceptors (Lipinski definition) is 11. The highest BCUT2D eigenvalue weighted by Gasteiger charge is 2.62. The molecule has 1 aromatic carbocycles. The van der Waals surface area contributed by atoms with Crippen LogP contribution in [-0.4, -0.2) is 134 Å². The summed E-state index contributed by atoms with van der Waals surface area (Å²) in [5.41, 5.74) is 8.49. The van der Waals surface area contributed by atoms with Crippen molar-refractivity contribution in [1.29, 1.82) is 0 Å². The summed E-state index contributed by atoms with van der Waals surface area (Å²) in [7, 11) is 1.50. The molecule has 0 aromatic heterocycles. The lowest BCUT2D eigenvalue weighted by atomic mass is 9.91. The molecule has 294 valence electrons. The monoisotopic (exact) mass is 770 g/mol. The Morgan fingerprint density at radius 2 is 1.33 bits per heavy atom. The van der Waals surface area contributed by atoms with Gasteiger partial charge in [0.25, 0.3) is 17.7 Å². The van der Waals surface area contributed by atoms with Gasteiger partial charge in [0.1, 0.15) is 48.0 Å². The molecule has 8 atom stereocenters. The fraction of sp³-hybridized carbons (Fsp3) is 0.667. The van der Waals surface area contributed by atoms with Gasteiger partial charge >= 0.3 is 0 Å². The third kappa shape index (κ3) is 6.56. The van der Waals surface area contributed by atoms with Crippen molar-refractivity contribution in [3.8, 4) is 0 Å². The first-order valence-corrected chi connectivity index (χ1v) is 19.5. The molecule has 7 rings (SSSR count). The van der Waals surface area contributed by atoms with Gasteiger partial charge in [-0.15, -0.1) is 0 Å². The summed E-state index contributed by atoms with van der Waals surface area (Å²) in [5, 5.41) is 22.7. The molecule has 0 unspecified atom stereocenters. The topological polar surface area (TPSA) is 199 Å². The van der Waals surface area contributed by atoms with Crippen molar-refractivity contribution >= 4 is 52.7 Å². The van der Waals surface area contributed by atoms with Crippen LogP contribution in [0.5, 0.6) is 0 Å². The van der Waals surface area contributed by atoms with Crippen LogP contribution in [0, 0.1) is 5.92 Å². The van der Waals surface area contributed by atoms with Gasteiger partial charge in [-0.25, -0.2) is 16.3 Å². The van der Waals surface area contributed by atoms with Crippen molar-refractivity contribution < 1.29 is 33.9 Å². The van der Waals surface area contributed by atoms with Crippen LogP contribution in [-0.2, 0) is 34.4 Å². The third-order valence-corrected chi connectivity index (χ3v) is 12.0. The molecule has 0 saturated carbocycles. The van der Waals surface area contributed by atoms with Crippen LogP contribution in [0.4, 0.5) is 5.69 Å². The number of rotatable bonds is 2. The second-order valence-electron chi connectivity index (χ2n) is 15.8. The summed E-state index contributed by atoms with van der Waals surface area (Å²) < 4.78 is 0. The Morgan fingerprint density at radius 1 is 0.778 bits per heavy atom. The summed E-state index contributed by atoms with van der Waals surface area (Å²) in [6, 6.07) is -1.50. The molecule has 6 amide bonds. The molecule has 0 spiro atoms. The second-order valence-corrected chi connectivity index (χ2v) is 16.2. The van der Waals surface area contributed by atoms with Crippen molar-refractivity contribution in [2.24, 2.45) is 5.92 Å². The maximum absolute atomic E-state index is 15.0. The Balaban J connectivity index is 1.32. The second kappa shape index (κ2) is 14.9. The molecule has 6 aliphatic heterocycles. The van der Waals surface area contributed by atoms with Gasteiger partial charge in [0.05, 0.1) is 0 Å². The summed E-state index contributed by atoms with van der Waals surface area (Å²) in [4.78, 5) is 89.6. The standard InChI is InChI=1S/C36H51ClN10O7/c1-19(2)16-24-31(50)46-27(10-7-14-39-46)34(53)47-25(8-5-15-40-47)32(51)43(4)20(3)30(49)45-26(9-6-13-38-45)33(52)44-28(29(48)41-24)18-36(54)22-12-11-21(37)17-23(22)42-35(36)44/h11-12,17,19-20,24-28,35,38-40,42,54H,5-10,13-16,18H2,1-4H3,(H,41,48)/t20-,24-,25-,26+,27-,28+,35-,36+/m0/s1. The zero-order valence-electron chi connectivity index (χ0n) is 31.1. The lowest BCUT2D eigenvalue weighted by Gasteiger charge is -2.44. The lowest BCUT2D eigenvalue weighted by Crippen LogP contribution is -2.69. The minimum atomic E-state index is -1.71. The fourth-order valence-corrected chi connectivity index (χ4v) is 9.05.